The average molecular weight is 270 g/mol. The van der Waals surface area contributed by atoms with Crippen LogP contribution in [0.3, 0.4) is 0 Å². The summed E-state index contributed by atoms with van der Waals surface area (Å²) in [5.41, 5.74) is 1.85. The molecule has 1 rings (SSSR count). The maximum atomic E-state index is 13.8. The Bertz CT molecular complexity index is 403. The van der Waals surface area contributed by atoms with Crippen LogP contribution in [0.4, 0.5) is 4.39 Å². The molecule has 1 N–H and O–H groups in total. The molecule has 1 atom stereocenters. The van der Waals surface area contributed by atoms with Crippen molar-refractivity contribution in [2.24, 2.45) is 0 Å². The second-order valence-electron chi connectivity index (χ2n) is 4.48. The minimum absolute atomic E-state index is 0.192. The fourth-order valence-electron chi connectivity index (χ4n) is 1.97. The third-order valence-electron chi connectivity index (χ3n) is 3.03. The summed E-state index contributed by atoms with van der Waals surface area (Å²) >= 11 is 5.79. The molecule has 1 nitrogen and oxygen atoms in total. The second kappa shape index (κ2) is 7.55. The van der Waals surface area contributed by atoms with Crippen molar-refractivity contribution >= 4 is 11.6 Å². The van der Waals surface area contributed by atoms with E-state index >= 15 is 0 Å². The zero-order valence-corrected chi connectivity index (χ0v) is 11.9. The van der Waals surface area contributed by atoms with Gasteiger partial charge in [-0.15, -0.1) is 0 Å². The van der Waals surface area contributed by atoms with Crippen molar-refractivity contribution in [3.63, 3.8) is 0 Å². The van der Waals surface area contributed by atoms with Crippen molar-refractivity contribution < 1.29 is 4.39 Å². The summed E-state index contributed by atoms with van der Waals surface area (Å²) in [5, 5.41) is 3.56. The minimum Gasteiger partial charge on any atom is -0.314 e. The number of likely N-dealkylation sites (N-methyl/N-ethyl adjacent to an activating group) is 1. The van der Waals surface area contributed by atoms with Gasteiger partial charge in [0.05, 0.1) is 5.02 Å². The molecule has 0 saturated heterocycles. The van der Waals surface area contributed by atoms with Crippen LogP contribution < -0.4 is 5.32 Å². The van der Waals surface area contributed by atoms with E-state index in [1.54, 1.807) is 18.2 Å². The van der Waals surface area contributed by atoms with Crippen molar-refractivity contribution in [1.29, 1.82) is 0 Å². The Morgan fingerprint density at radius 3 is 2.78 bits per heavy atom. The predicted molar refractivity (Wildman–Crippen MR) is 76.6 cm³/mol. The van der Waals surface area contributed by atoms with Gasteiger partial charge in [-0.3, -0.25) is 0 Å². The van der Waals surface area contributed by atoms with Gasteiger partial charge in [0.25, 0.3) is 0 Å². The van der Waals surface area contributed by atoms with Crippen LogP contribution in [0.1, 0.15) is 32.3 Å². The highest BCUT2D eigenvalue weighted by molar-refractivity contribution is 6.30. The Hall–Kier alpha value is -0.860. The van der Waals surface area contributed by atoms with Crippen LogP contribution in [0.2, 0.25) is 5.02 Å². The molecule has 1 aromatic carbocycles. The molecule has 0 heterocycles. The number of nitrogens with one attached hydrogen (secondary N) is 1. The molecular formula is C15H21ClFN. The average Bonchev–Trinajstić information content (AvgIpc) is 2.35. The first kappa shape index (κ1) is 15.2. The summed E-state index contributed by atoms with van der Waals surface area (Å²) in [6, 6.07) is 5.38. The summed E-state index contributed by atoms with van der Waals surface area (Å²) in [6.07, 6.45) is 2.47. The van der Waals surface area contributed by atoms with Crippen LogP contribution in [0.25, 0.3) is 0 Å². The van der Waals surface area contributed by atoms with Crippen LogP contribution in [-0.4, -0.2) is 12.6 Å². The lowest BCUT2D eigenvalue weighted by Gasteiger charge is -2.19. The van der Waals surface area contributed by atoms with Crippen molar-refractivity contribution in [1.82, 2.24) is 5.32 Å². The summed E-state index contributed by atoms with van der Waals surface area (Å²) in [5.74, 6) is -0.302. The number of hydrogen-bond acceptors (Lipinski definition) is 1. The lowest BCUT2D eigenvalue weighted by Crippen LogP contribution is -2.31. The molecule has 1 aromatic rings. The molecule has 0 amide bonds. The van der Waals surface area contributed by atoms with E-state index in [1.807, 2.05) is 0 Å². The van der Waals surface area contributed by atoms with E-state index in [0.717, 1.165) is 19.4 Å². The molecule has 0 saturated carbocycles. The zero-order chi connectivity index (χ0) is 13.5. The first-order valence-electron chi connectivity index (χ1n) is 6.41. The van der Waals surface area contributed by atoms with Crippen LogP contribution in [0.15, 0.2) is 30.4 Å². The van der Waals surface area contributed by atoms with Gasteiger partial charge in [-0.2, -0.15) is 0 Å². The van der Waals surface area contributed by atoms with E-state index in [-0.39, 0.29) is 16.9 Å². The van der Waals surface area contributed by atoms with E-state index in [0.29, 0.717) is 12.0 Å². The first-order valence-corrected chi connectivity index (χ1v) is 6.79. The van der Waals surface area contributed by atoms with Crippen molar-refractivity contribution in [2.45, 2.75) is 39.2 Å². The highest BCUT2D eigenvalue weighted by Crippen LogP contribution is 2.20. The monoisotopic (exact) mass is 269 g/mol. The van der Waals surface area contributed by atoms with E-state index in [9.17, 15) is 4.39 Å². The highest BCUT2D eigenvalue weighted by atomic mass is 35.5. The Morgan fingerprint density at radius 1 is 1.44 bits per heavy atom. The van der Waals surface area contributed by atoms with E-state index in [1.165, 1.54) is 5.57 Å². The van der Waals surface area contributed by atoms with Crippen molar-refractivity contribution in [3.05, 3.63) is 46.8 Å². The van der Waals surface area contributed by atoms with Crippen LogP contribution in [0, 0.1) is 5.82 Å². The molecule has 0 aliphatic rings. The summed E-state index contributed by atoms with van der Waals surface area (Å²) in [6.45, 7) is 9.02. The van der Waals surface area contributed by atoms with Crippen LogP contribution >= 0.6 is 11.6 Å². The molecule has 0 radical (unpaired) electrons. The Kier molecular flexibility index (Phi) is 6.37. The fraction of sp³-hybridized carbons (Fsp3) is 0.467. The number of halogens is 2. The number of benzene rings is 1. The fourth-order valence-corrected chi connectivity index (χ4v) is 2.16. The Balaban J connectivity index is 2.76. The van der Waals surface area contributed by atoms with Gasteiger partial charge in [0.2, 0.25) is 0 Å². The largest absolute Gasteiger partial charge is 0.314 e. The van der Waals surface area contributed by atoms with Gasteiger partial charge in [-0.25, -0.2) is 4.39 Å². The van der Waals surface area contributed by atoms with E-state index in [2.05, 4.69) is 25.7 Å². The van der Waals surface area contributed by atoms with E-state index < -0.39 is 0 Å². The lowest BCUT2D eigenvalue weighted by molar-refractivity contribution is 0.501. The normalized spacial score (nSPS) is 12.4. The molecule has 18 heavy (non-hydrogen) atoms. The van der Waals surface area contributed by atoms with Gasteiger partial charge in [-0.05, 0) is 37.4 Å². The minimum atomic E-state index is -0.302. The van der Waals surface area contributed by atoms with E-state index in [4.69, 9.17) is 11.6 Å². The molecule has 0 fully saturated rings. The van der Waals surface area contributed by atoms with Crippen LogP contribution in [0.5, 0.6) is 0 Å². The summed E-state index contributed by atoms with van der Waals surface area (Å²) in [4.78, 5) is 0. The van der Waals surface area contributed by atoms with Crippen molar-refractivity contribution in [3.8, 4) is 0 Å². The molecule has 3 heteroatoms. The van der Waals surface area contributed by atoms with Gasteiger partial charge in [-0.1, -0.05) is 49.7 Å². The van der Waals surface area contributed by atoms with Crippen molar-refractivity contribution in [2.75, 3.05) is 6.54 Å². The number of hydrogen-bond donors (Lipinski definition) is 1. The third-order valence-corrected chi connectivity index (χ3v) is 3.32. The van der Waals surface area contributed by atoms with Gasteiger partial charge in [0.1, 0.15) is 5.82 Å². The highest BCUT2D eigenvalue weighted by Gasteiger charge is 2.13. The molecule has 0 spiro atoms. The molecule has 0 aromatic heterocycles. The Morgan fingerprint density at radius 2 is 2.17 bits per heavy atom. The number of rotatable bonds is 7. The smallest absolute Gasteiger partial charge is 0.145 e. The molecule has 1 unspecified atom stereocenters. The standard InChI is InChI=1S/C15H21ClFN/c1-4-11(3)9-13(18-5-2)10-12-7-6-8-14(16)15(12)17/h6-8,13,18H,3-5,9-10H2,1-2H3. The lowest BCUT2D eigenvalue weighted by atomic mass is 9.98. The van der Waals surface area contributed by atoms with Gasteiger partial charge < -0.3 is 5.32 Å². The maximum Gasteiger partial charge on any atom is 0.145 e. The zero-order valence-electron chi connectivity index (χ0n) is 11.1. The molecular weight excluding hydrogens is 249 g/mol. The van der Waals surface area contributed by atoms with Gasteiger partial charge in [0.15, 0.2) is 0 Å². The molecule has 0 bridgehead atoms. The quantitative estimate of drug-likeness (QED) is 0.726. The first-order chi connectivity index (χ1) is 8.58. The third kappa shape index (κ3) is 4.43. The SMILES string of the molecule is C=C(CC)CC(Cc1cccc(Cl)c1F)NCC. The molecule has 0 aliphatic heterocycles. The maximum absolute atomic E-state index is 13.8. The predicted octanol–water partition coefficient (Wildman–Crippen LogP) is 4.36. The second-order valence-corrected chi connectivity index (χ2v) is 4.89. The molecule has 100 valence electrons. The topological polar surface area (TPSA) is 12.0 Å². The summed E-state index contributed by atoms with van der Waals surface area (Å²) < 4.78 is 13.8. The Labute approximate surface area is 114 Å². The molecule has 0 aliphatic carbocycles. The summed E-state index contributed by atoms with van der Waals surface area (Å²) in [7, 11) is 0. The van der Waals surface area contributed by atoms with Crippen LogP contribution in [-0.2, 0) is 6.42 Å². The van der Waals surface area contributed by atoms with Gasteiger partial charge >= 0.3 is 0 Å². The van der Waals surface area contributed by atoms with Gasteiger partial charge in [0, 0.05) is 6.04 Å².